The number of carbonyl (C=O) groups is 1. The second-order valence-corrected chi connectivity index (χ2v) is 4.79. The van der Waals surface area contributed by atoms with Crippen molar-refractivity contribution in [2.24, 2.45) is 5.10 Å². The second kappa shape index (κ2) is 7.93. The number of carbonyl (C=O) groups excluding carboxylic acids is 1. The molecule has 0 saturated heterocycles. The van der Waals surface area contributed by atoms with Crippen LogP contribution in [0.4, 0.5) is 10.5 Å². The monoisotopic (exact) mass is 349 g/mol. The summed E-state index contributed by atoms with van der Waals surface area (Å²) in [4.78, 5) is 21.5. The van der Waals surface area contributed by atoms with Crippen LogP contribution < -0.4 is 10.2 Å². The molecule has 0 unspecified atom stereocenters. The molecule has 2 aromatic rings. The predicted octanol–water partition coefficient (Wildman–Crippen LogP) is 3.73. The molecule has 0 atom stereocenters. The van der Waals surface area contributed by atoms with Crippen molar-refractivity contribution in [1.82, 2.24) is 5.43 Å². The summed E-state index contributed by atoms with van der Waals surface area (Å²) in [5.74, 6) is 0.335. The number of nitro groups is 1. The molecule has 2 aromatic carbocycles. The Balaban J connectivity index is 2.25. The molecule has 0 heterocycles. The molecule has 24 heavy (non-hydrogen) atoms. The number of ether oxygens (including phenoxy) is 2. The molecule has 0 aliphatic heterocycles. The van der Waals surface area contributed by atoms with Crippen LogP contribution in [0.3, 0.4) is 0 Å². The van der Waals surface area contributed by atoms with E-state index in [1.54, 1.807) is 30.3 Å². The van der Waals surface area contributed by atoms with Gasteiger partial charge in [-0.1, -0.05) is 23.7 Å². The Morgan fingerprint density at radius 2 is 2.04 bits per heavy atom. The molecular weight excluding hydrogens is 338 g/mol. The van der Waals surface area contributed by atoms with Gasteiger partial charge in [-0.15, -0.1) is 0 Å². The molecule has 0 saturated carbocycles. The van der Waals surface area contributed by atoms with Gasteiger partial charge < -0.3 is 9.47 Å². The quantitative estimate of drug-likeness (QED) is 0.503. The van der Waals surface area contributed by atoms with Crippen LogP contribution in [0.15, 0.2) is 47.6 Å². The Kier molecular flexibility index (Phi) is 5.69. The van der Waals surface area contributed by atoms with E-state index in [1.165, 1.54) is 25.5 Å². The summed E-state index contributed by atoms with van der Waals surface area (Å²) in [7, 11) is 1.19. The van der Waals surface area contributed by atoms with Gasteiger partial charge in [0.15, 0.2) is 0 Å². The van der Waals surface area contributed by atoms with Crippen molar-refractivity contribution >= 4 is 29.6 Å². The van der Waals surface area contributed by atoms with Crippen LogP contribution in [-0.4, -0.2) is 24.3 Å². The minimum atomic E-state index is -0.751. The van der Waals surface area contributed by atoms with E-state index in [9.17, 15) is 14.9 Å². The number of nitrogens with one attached hydrogen (secondary N) is 1. The van der Waals surface area contributed by atoms with Crippen LogP contribution in [0.25, 0.3) is 0 Å². The maximum Gasteiger partial charge on any atom is 0.427 e. The van der Waals surface area contributed by atoms with Gasteiger partial charge >= 0.3 is 11.8 Å². The highest BCUT2D eigenvalue weighted by Gasteiger charge is 2.17. The number of amides is 1. The SMILES string of the molecule is COC(=O)N/N=C\c1ccc(Oc2ccccc2Cl)c([N+](=O)[O-])c1. The van der Waals surface area contributed by atoms with E-state index < -0.39 is 11.0 Å². The Morgan fingerprint density at radius 3 is 2.71 bits per heavy atom. The van der Waals surface area contributed by atoms with Crippen molar-refractivity contribution in [3.8, 4) is 11.5 Å². The molecule has 0 bridgehead atoms. The second-order valence-electron chi connectivity index (χ2n) is 4.38. The first-order valence-corrected chi connectivity index (χ1v) is 6.97. The number of rotatable bonds is 5. The lowest BCUT2D eigenvalue weighted by Crippen LogP contribution is -2.16. The minimum absolute atomic E-state index is 0.0335. The Labute approximate surface area is 141 Å². The molecule has 8 nitrogen and oxygen atoms in total. The molecule has 0 spiro atoms. The van der Waals surface area contributed by atoms with Gasteiger partial charge in [0.05, 0.1) is 23.3 Å². The number of hydrogen-bond donors (Lipinski definition) is 1. The van der Waals surface area contributed by atoms with E-state index in [1.807, 2.05) is 0 Å². The number of para-hydroxylation sites is 1. The van der Waals surface area contributed by atoms with Gasteiger partial charge in [-0.05, 0) is 24.3 Å². The molecule has 9 heteroatoms. The summed E-state index contributed by atoms with van der Waals surface area (Å²) in [5.41, 5.74) is 2.21. The van der Waals surface area contributed by atoms with Gasteiger partial charge in [-0.3, -0.25) is 10.1 Å². The largest absolute Gasteiger partial charge is 0.452 e. The average molecular weight is 350 g/mol. The lowest BCUT2D eigenvalue weighted by atomic mass is 10.2. The first kappa shape index (κ1) is 17.2. The van der Waals surface area contributed by atoms with Crippen LogP contribution in [0.5, 0.6) is 11.5 Å². The van der Waals surface area contributed by atoms with Crippen LogP contribution >= 0.6 is 11.6 Å². The molecule has 124 valence electrons. The molecular formula is C15H12ClN3O5. The summed E-state index contributed by atoms with van der Waals surface area (Å²) in [6.07, 6.45) is 0.489. The van der Waals surface area contributed by atoms with E-state index in [4.69, 9.17) is 16.3 Å². The highest BCUT2D eigenvalue weighted by molar-refractivity contribution is 6.32. The first-order valence-electron chi connectivity index (χ1n) is 6.59. The third-order valence-electron chi connectivity index (χ3n) is 2.79. The fourth-order valence-corrected chi connectivity index (χ4v) is 1.87. The number of nitro benzene ring substituents is 1. The molecule has 0 aliphatic carbocycles. The van der Waals surface area contributed by atoms with E-state index in [0.717, 1.165) is 0 Å². The maximum absolute atomic E-state index is 11.2. The third-order valence-corrected chi connectivity index (χ3v) is 3.10. The molecule has 1 N–H and O–H groups in total. The smallest absolute Gasteiger partial charge is 0.427 e. The zero-order chi connectivity index (χ0) is 17.5. The third kappa shape index (κ3) is 4.43. The summed E-state index contributed by atoms with van der Waals surface area (Å²) in [6, 6.07) is 10.9. The van der Waals surface area contributed by atoms with Crippen LogP contribution in [-0.2, 0) is 4.74 Å². The van der Waals surface area contributed by atoms with Crippen molar-refractivity contribution in [2.75, 3.05) is 7.11 Å². The predicted molar refractivity (Wildman–Crippen MR) is 87.8 cm³/mol. The van der Waals surface area contributed by atoms with E-state index >= 15 is 0 Å². The van der Waals surface area contributed by atoms with Gasteiger partial charge in [-0.2, -0.15) is 5.10 Å². The molecule has 0 fully saturated rings. The van der Waals surface area contributed by atoms with Crippen molar-refractivity contribution < 1.29 is 19.2 Å². The first-order chi connectivity index (χ1) is 11.5. The minimum Gasteiger partial charge on any atom is -0.452 e. The Morgan fingerprint density at radius 1 is 1.29 bits per heavy atom. The average Bonchev–Trinajstić information content (AvgIpc) is 2.57. The fraction of sp³-hybridized carbons (Fsp3) is 0.0667. The summed E-state index contributed by atoms with van der Waals surface area (Å²) >= 11 is 5.98. The fourth-order valence-electron chi connectivity index (χ4n) is 1.69. The van der Waals surface area contributed by atoms with Crippen molar-refractivity contribution in [3.63, 3.8) is 0 Å². The van der Waals surface area contributed by atoms with Gasteiger partial charge in [-0.25, -0.2) is 10.2 Å². The molecule has 1 amide bonds. The maximum atomic E-state index is 11.2. The normalized spacial score (nSPS) is 10.4. The number of hydrogen-bond acceptors (Lipinski definition) is 6. The Hall–Kier alpha value is -3.13. The van der Waals surface area contributed by atoms with Gasteiger partial charge in [0, 0.05) is 11.6 Å². The van der Waals surface area contributed by atoms with Crippen molar-refractivity contribution in [1.29, 1.82) is 0 Å². The van der Waals surface area contributed by atoms with Crippen LogP contribution in [0.2, 0.25) is 5.02 Å². The topological polar surface area (TPSA) is 103 Å². The zero-order valence-corrected chi connectivity index (χ0v) is 13.2. The molecule has 2 rings (SSSR count). The molecule has 0 radical (unpaired) electrons. The van der Waals surface area contributed by atoms with Crippen LogP contribution in [0, 0.1) is 10.1 Å². The highest BCUT2D eigenvalue weighted by atomic mass is 35.5. The lowest BCUT2D eigenvalue weighted by molar-refractivity contribution is -0.385. The van der Waals surface area contributed by atoms with E-state index in [2.05, 4.69) is 15.3 Å². The van der Waals surface area contributed by atoms with Gasteiger partial charge in [0.2, 0.25) is 5.75 Å². The van der Waals surface area contributed by atoms with Gasteiger partial charge in [0.1, 0.15) is 5.75 Å². The van der Waals surface area contributed by atoms with E-state index in [0.29, 0.717) is 16.3 Å². The Bertz CT molecular complexity index is 794. The number of hydrazone groups is 1. The van der Waals surface area contributed by atoms with Gasteiger partial charge in [0.25, 0.3) is 0 Å². The summed E-state index contributed by atoms with van der Waals surface area (Å²) in [5, 5.41) is 15.2. The number of halogens is 1. The van der Waals surface area contributed by atoms with Crippen molar-refractivity contribution in [3.05, 3.63) is 63.2 Å². The van der Waals surface area contributed by atoms with E-state index in [-0.39, 0.29) is 11.4 Å². The number of benzene rings is 2. The summed E-state index contributed by atoms with van der Waals surface area (Å²) in [6.45, 7) is 0. The number of methoxy groups -OCH3 is 1. The van der Waals surface area contributed by atoms with Crippen molar-refractivity contribution in [2.45, 2.75) is 0 Å². The highest BCUT2D eigenvalue weighted by Crippen LogP contribution is 2.34. The molecule has 0 aliphatic rings. The lowest BCUT2D eigenvalue weighted by Gasteiger charge is -2.08. The zero-order valence-electron chi connectivity index (χ0n) is 12.4. The summed E-state index contributed by atoms with van der Waals surface area (Å²) < 4.78 is 9.85. The number of nitrogens with zero attached hydrogens (tertiary/aromatic N) is 2. The molecule has 0 aromatic heterocycles. The van der Waals surface area contributed by atoms with Crippen LogP contribution in [0.1, 0.15) is 5.56 Å². The standard InChI is InChI=1S/C15H12ClN3O5/c1-23-15(20)18-17-9-10-6-7-14(12(8-10)19(21)22)24-13-5-3-2-4-11(13)16/h2-9H,1H3,(H,18,20)/b17-9-.